The predicted octanol–water partition coefficient (Wildman–Crippen LogP) is -0.524. The molecule has 1 N–H and O–H groups in total. The Bertz CT molecular complexity index is 235. The number of hydrogen-bond acceptors (Lipinski definition) is 4. The Morgan fingerprint density at radius 3 is 2.33 bits per heavy atom. The Morgan fingerprint density at radius 2 is 1.93 bits per heavy atom. The van der Waals surface area contributed by atoms with Gasteiger partial charge in [0.15, 0.2) is 0 Å². The SMILES string of the molecule is CC(C(=O)O)N1CCN(C2COC2)CC1. The van der Waals surface area contributed by atoms with E-state index in [9.17, 15) is 4.79 Å². The lowest BCUT2D eigenvalue weighted by Crippen LogP contribution is -2.58. The Balaban J connectivity index is 1.78. The van der Waals surface area contributed by atoms with Crippen molar-refractivity contribution < 1.29 is 14.6 Å². The van der Waals surface area contributed by atoms with E-state index in [2.05, 4.69) is 4.90 Å². The molecule has 86 valence electrons. The van der Waals surface area contributed by atoms with Crippen molar-refractivity contribution in [3.8, 4) is 0 Å². The molecule has 0 spiro atoms. The zero-order chi connectivity index (χ0) is 10.8. The maximum atomic E-state index is 10.8. The fraction of sp³-hybridized carbons (Fsp3) is 0.900. The monoisotopic (exact) mass is 214 g/mol. The van der Waals surface area contributed by atoms with Crippen LogP contribution in [0.1, 0.15) is 6.92 Å². The third kappa shape index (κ3) is 2.30. The van der Waals surface area contributed by atoms with Crippen molar-refractivity contribution in [2.24, 2.45) is 0 Å². The number of piperazine rings is 1. The van der Waals surface area contributed by atoms with E-state index in [1.54, 1.807) is 6.92 Å². The van der Waals surface area contributed by atoms with Gasteiger partial charge in [-0.15, -0.1) is 0 Å². The number of hydrogen-bond donors (Lipinski definition) is 1. The van der Waals surface area contributed by atoms with Crippen LogP contribution >= 0.6 is 0 Å². The average Bonchev–Trinajstić information content (AvgIpc) is 2.15. The second-order valence-electron chi connectivity index (χ2n) is 4.28. The third-order valence-corrected chi connectivity index (χ3v) is 3.39. The molecule has 0 aliphatic carbocycles. The number of rotatable bonds is 3. The molecule has 2 saturated heterocycles. The summed E-state index contributed by atoms with van der Waals surface area (Å²) < 4.78 is 5.15. The maximum Gasteiger partial charge on any atom is 0.320 e. The molecule has 2 rings (SSSR count). The van der Waals surface area contributed by atoms with Gasteiger partial charge in [0.05, 0.1) is 19.3 Å². The van der Waals surface area contributed by atoms with Crippen LogP contribution in [-0.2, 0) is 9.53 Å². The lowest BCUT2D eigenvalue weighted by molar-refractivity contribution is -0.144. The summed E-state index contributed by atoms with van der Waals surface area (Å²) in [5.41, 5.74) is 0. The summed E-state index contributed by atoms with van der Waals surface area (Å²) in [5, 5.41) is 8.89. The van der Waals surface area contributed by atoms with Crippen LogP contribution in [0, 0.1) is 0 Å². The summed E-state index contributed by atoms with van der Waals surface area (Å²) in [6, 6.07) is 0.220. The Kier molecular flexibility index (Phi) is 3.23. The molecule has 1 unspecified atom stereocenters. The standard InChI is InChI=1S/C10H18N2O3/c1-8(10(13)14)11-2-4-12(5-3-11)9-6-15-7-9/h8-9H,2-7H2,1H3,(H,13,14). The van der Waals surface area contributed by atoms with Crippen LogP contribution in [0.15, 0.2) is 0 Å². The van der Waals surface area contributed by atoms with Crippen LogP contribution in [0.5, 0.6) is 0 Å². The Hall–Kier alpha value is -0.650. The third-order valence-electron chi connectivity index (χ3n) is 3.39. The highest BCUT2D eigenvalue weighted by Gasteiger charge is 2.31. The first-order valence-electron chi connectivity index (χ1n) is 5.47. The number of ether oxygens (including phenoxy) is 1. The first kappa shape index (κ1) is 10.9. The number of carboxylic acids is 1. The summed E-state index contributed by atoms with van der Waals surface area (Å²) in [6.07, 6.45) is 0. The van der Waals surface area contributed by atoms with Crippen LogP contribution in [0.2, 0.25) is 0 Å². The van der Waals surface area contributed by atoms with E-state index in [-0.39, 0.29) is 6.04 Å². The Labute approximate surface area is 89.6 Å². The van der Waals surface area contributed by atoms with Crippen LogP contribution in [0.25, 0.3) is 0 Å². The van der Waals surface area contributed by atoms with Crippen molar-refractivity contribution in [1.82, 2.24) is 9.80 Å². The molecule has 0 bridgehead atoms. The van der Waals surface area contributed by atoms with Gasteiger partial charge in [0.1, 0.15) is 6.04 Å². The van der Waals surface area contributed by atoms with E-state index in [1.165, 1.54) is 0 Å². The molecule has 0 saturated carbocycles. The molecule has 0 aromatic rings. The highest BCUT2D eigenvalue weighted by Crippen LogP contribution is 2.14. The highest BCUT2D eigenvalue weighted by atomic mass is 16.5. The predicted molar refractivity (Wildman–Crippen MR) is 54.9 cm³/mol. The molecule has 5 nitrogen and oxygen atoms in total. The molecule has 2 aliphatic rings. The van der Waals surface area contributed by atoms with Gasteiger partial charge in [-0.1, -0.05) is 0 Å². The van der Waals surface area contributed by atoms with E-state index in [0.29, 0.717) is 6.04 Å². The second-order valence-corrected chi connectivity index (χ2v) is 4.28. The molecule has 2 aliphatic heterocycles. The fourth-order valence-electron chi connectivity index (χ4n) is 2.08. The van der Waals surface area contributed by atoms with Gasteiger partial charge in [0, 0.05) is 26.2 Å². The fourth-order valence-corrected chi connectivity index (χ4v) is 2.08. The van der Waals surface area contributed by atoms with E-state index in [4.69, 9.17) is 9.84 Å². The summed E-state index contributed by atoms with van der Waals surface area (Å²) in [6.45, 7) is 7.07. The minimum absolute atomic E-state index is 0.357. The quantitative estimate of drug-likeness (QED) is 0.685. The highest BCUT2D eigenvalue weighted by molar-refractivity contribution is 5.72. The van der Waals surface area contributed by atoms with Crippen molar-refractivity contribution in [3.05, 3.63) is 0 Å². The summed E-state index contributed by atoms with van der Waals surface area (Å²) in [4.78, 5) is 15.2. The first-order chi connectivity index (χ1) is 7.18. The molecule has 5 heteroatoms. The smallest absolute Gasteiger partial charge is 0.320 e. The zero-order valence-electron chi connectivity index (χ0n) is 9.06. The van der Waals surface area contributed by atoms with Gasteiger partial charge >= 0.3 is 5.97 Å². The average molecular weight is 214 g/mol. The topological polar surface area (TPSA) is 53.0 Å². The van der Waals surface area contributed by atoms with Crippen LogP contribution in [-0.4, -0.2) is 72.4 Å². The minimum atomic E-state index is -0.726. The first-order valence-corrected chi connectivity index (χ1v) is 5.47. The molecule has 2 fully saturated rings. The van der Waals surface area contributed by atoms with Crippen LogP contribution in [0.4, 0.5) is 0 Å². The minimum Gasteiger partial charge on any atom is -0.480 e. The van der Waals surface area contributed by atoms with Gasteiger partial charge in [-0.25, -0.2) is 0 Å². The van der Waals surface area contributed by atoms with Gasteiger partial charge in [-0.2, -0.15) is 0 Å². The number of aliphatic carboxylic acids is 1. The van der Waals surface area contributed by atoms with Crippen molar-refractivity contribution in [3.63, 3.8) is 0 Å². The van der Waals surface area contributed by atoms with Crippen molar-refractivity contribution in [2.45, 2.75) is 19.0 Å². The molecule has 1 atom stereocenters. The Morgan fingerprint density at radius 1 is 1.33 bits per heavy atom. The zero-order valence-corrected chi connectivity index (χ0v) is 9.06. The maximum absolute atomic E-state index is 10.8. The molecule has 2 heterocycles. The van der Waals surface area contributed by atoms with Crippen molar-refractivity contribution >= 4 is 5.97 Å². The molecule has 15 heavy (non-hydrogen) atoms. The number of carboxylic acid groups (broad SMARTS) is 1. The largest absolute Gasteiger partial charge is 0.480 e. The summed E-state index contributed by atoms with van der Waals surface area (Å²) in [7, 11) is 0. The molecule has 0 aromatic carbocycles. The van der Waals surface area contributed by atoms with Gasteiger partial charge in [0.25, 0.3) is 0 Å². The van der Waals surface area contributed by atoms with Gasteiger partial charge < -0.3 is 9.84 Å². The summed E-state index contributed by atoms with van der Waals surface area (Å²) in [5.74, 6) is -0.726. The van der Waals surface area contributed by atoms with E-state index in [0.717, 1.165) is 39.4 Å². The van der Waals surface area contributed by atoms with Gasteiger partial charge in [0.2, 0.25) is 0 Å². The second kappa shape index (κ2) is 4.47. The van der Waals surface area contributed by atoms with Gasteiger partial charge in [-0.05, 0) is 6.92 Å². The molecular formula is C10H18N2O3. The number of nitrogens with zero attached hydrogens (tertiary/aromatic N) is 2. The number of carbonyl (C=O) groups is 1. The lowest BCUT2D eigenvalue weighted by Gasteiger charge is -2.43. The van der Waals surface area contributed by atoms with E-state index in [1.807, 2.05) is 4.90 Å². The van der Waals surface area contributed by atoms with E-state index < -0.39 is 5.97 Å². The molecule has 0 amide bonds. The van der Waals surface area contributed by atoms with Crippen molar-refractivity contribution in [2.75, 3.05) is 39.4 Å². The lowest BCUT2D eigenvalue weighted by atomic mass is 10.1. The molecule has 0 aromatic heterocycles. The summed E-state index contributed by atoms with van der Waals surface area (Å²) >= 11 is 0. The van der Waals surface area contributed by atoms with Gasteiger partial charge in [-0.3, -0.25) is 14.6 Å². The van der Waals surface area contributed by atoms with Crippen LogP contribution in [0.3, 0.4) is 0 Å². The van der Waals surface area contributed by atoms with Crippen LogP contribution < -0.4 is 0 Å². The van der Waals surface area contributed by atoms with Crippen molar-refractivity contribution in [1.29, 1.82) is 0 Å². The normalized spacial score (nSPS) is 27.3. The van der Waals surface area contributed by atoms with E-state index >= 15 is 0 Å². The molecular weight excluding hydrogens is 196 g/mol. The molecule has 0 radical (unpaired) electrons.